The molecule has 1 aliphatic carbocycles. The lowest BCUT2D eigenvalue weighted by Crippen LogP contribution is -2.32. The SMILES string of the molecule is Cc1c2c(cc3ccccc13)Oc1cc3c(CC4CCCC4)cccc3c3nc[n+](C)c-2c13. The Morgan fingerprint density at radius 2 is 1.76 bits per heavy atom. The highest BCUT2D eigenvalue weighted by Gasteiger charge is 2.31. The van der Waals surface area contributed by atoms with Crippen LogP contribution in [0.2, 0.25) is 0 Å². The first-order valence-corrected chi connectivity index (χ1v) is 12.1. The van der Waals surface area contributed by atoms with Crippen molar-refractivity contribution in [2.24, 2.45) is 13.0 Å². The van der Waals surface area contributed by atoms with Crippen molar-refractivity contribution in [1.82, 2.24) is 4.98 Å². The number of hydrogen-bond donors (Lipinski definition) is 0. The van der Waals surface area contributed by atoms with Crippen LogP contribution in [0.3, 0.4) is 0 Å². The van der Waals surface area contributed by atoms with Crippen molar-refractivity contribution in [3.8, 4) is 22.8 Å². The van der Waals surface area contributed by atoms with Crippen LogP contribution in [0, 0.1) is 12.8 Å². The minimum atomic E-state index is 0.801. The lowest BCUT2D eigenvalue weighted by molar-refractivity contribution is -0.662. The maximum Gasteiger partial charge on any atom is 0.287 e. The summed E-state index contributed by atoms with van der Waals surface area (Å²) >= 11 is 0. The number of rotatable bonds is 2. The largest absolute Gasteiger partial charge is 0.456 e. The van der Waals surface area contributed by atoms with Gasteiger partial charge >= 0.3 is 0 Å². The molecule has 0 N–H and O–H groups in total. The standard InChI is InChI=1S/C30H27N2O/c1-18-22-12-6-5-10-21(22)15-25-27(18)30-28-26(33-25)16-24-20(14-19-8-3-4-9-19)11-7-13-23(24)29(28)31-17-32(30)2/h5-7,10-13,15-17,19H,3-4,8-9,14H2,1-2H3/q+1. The van der Waals surface area contributed by atoms with Gasteiger partial charge in [-0.25, -0.2) is 4.57 Å². The van der Waals surface area contributed by atoms with Gasteiger partial charge in [-0.3, -0.25) is 0 Å². The van der Waals surface area contributed by atoms with Gasteiger partial charge in [0.15, 0.2) is 11.2 Å². The molecule has 3 nitrogen and oxygen atoms in total. The van der Waals surface area contributed by atoms with Crippen molar-refractivity contribution in [1.29, 1.82) is 0 Å². The highest BCUT2D eigenvalue weighted by molar-refractivity contribution is 6.14. The molecule has 162 valence electrons. The molecule has 0 atom stereocenters. The summed E-state index contributed by atoms with van der Waals surface area (Å²) in [6, 6.07) is 19.8. The van der Waals surface area contributed by atoms with Gasteiger partial charge in [0, 0.05) is 5.39 Å². The number of benzene rings is 4. The van der Waals surface area contributed by atoms with E-state index in [9.17, 15) is 0 Å². The van der Waals surface area contributed by atoms with Gasteiger partial charge in [0.1, 0.15) is 16.9 Å². The first-order chi connectivity index (χ1) is 16.2. The van der Waals surface area contributed by atoms with E-state index in [1.54, 1.807) is 0 Å². The zero-order valence-electron chi connectivity index (χ0n) is 19.2. The maximum atomic E-state index is 6.67. The Morgan fingerprint density at radius 1 is 0.939 bits per heavy atom. The Bertz CT molecular complexity index is 1590. The van der Waals surface area contributed by atoms with E-state index in [1.807, 2.05) is 6.33 Å². The molecule has 7 rings (SSSR count). The molecule has 0 amide bonds. The van der Waals surface area contributed by atoms with Crippen LogP contribution in [0.15, 0.2) is 60.9 Å². The van der Waals surface area contributed by atoms with Gasteiger partial charge < -0.3 is 4.74 Å². The van der Waals surface area contributed by atoms with E-state index in [2.05, 4.69) is 73.1 Å². The molecule has 1 saturated carbocycles. The van der Waals surface area contributed by atoms with Crippen LogP contribution < -0.4 is 9.30 Å². The van der Waals surface area contributed by atoms with Crippen molar-refractivity contribution < 1.29 is 9.30 Å². The summed E-state index contributed by atoms with van der Waals surface area (Å²) in [4.78, 5) is 4.93. The summed E-state index contributed by atoms with van der Waals surface area (Å²) in [5.41, 5.74) is 6.10. The average molecular weight is 432 g/mol. The minimum Gasteiger partial charge on any atom is -0.456 e. The molecule has 0 saturated heterocycles. The summed E-state index contributed by atoms with van der Waals surface area (Å²) in [6.45, 7) is 2.21. The molecule has 1 aromatic heterocycles. The van der Waals surface area contributed by atoms with E-state index < -0.39 is 0 Å². The van der Waals surface area contributed by atoms with Crippen LogP contribution in [-0.2, 0) is 13.5 Å². The normalized spacial score (nSPS) is 15.3. The number of ether oxygens (including phenoxy) is 1. The van der Waals surface area contributed by atoms with Crippen molar-refractivity contribution in [3.05, 3.63) is 72.1 Å². The molecular formula is C30H27N2O+. The third kappa shape index (κ3) is 2.75. The summed E-state index contributed by atoms with van der Waals surface area (Å²) in [5.74, 6) is 2.67. The van der Waals surface area contributed by atoms with Crippen molar-refractivity contribution in [2.45, 2.75) is 39.0 Å². The summed E-state index contributed by atoms with van der Waals surface area (Å²) in [6.07, 6.45) is 8.57. The molecule has 2 heterocycles. The lowest BCUT2D eigenvalue weighted by Gasteiger charge is -2.23. The van der Waals surface area contributed by atoms with E-state index in [-0.39, 0.29) is 0 Å². The predicted molar refractivity (Wildman–Crippen MR) is 134 cm³/mol. The molecule has 0 bridgehead atoms. The fourth-order valence-electron chi connectivity index (χ4n) is 6.26. The third-order valence-electron chi connectivity index (χ3n) is 7.87. The summed E-state index contributed by atoms with van der Waals surface area (Å²) in [5, 5.41) is 6.13. The van der Waals surface area contributed by atoms with Crippen LogP contribution in [-0.4, -0.2) is 4.98 Å². The van der Waals surface area contributed by atoms with Gasteiger partial charge in [-0.1, -0.05) is 62.1 Å². The molecular weight excluding hydrogens is 404 g/mol. The number of nitrogens with zero attached hydrogens (tertiary/aromatic N) is 2. The lowest BCUT2D eigenvalue weighted by atomic mass is 9.89. The Hall–Kier alpha value is -3.46. The Morgan fingerprint density at radius 3 is 2.64 bits per heavy atom. The zero-order valence-corrected chi connectivity index (χ0v) is 19.2. The number of hydrogen-bond acceptors (Lipinski definition) is 2. The van der Waals surface area contributed by atoms with E-state index in [1.165, 1.54) is 69.6 Å². The number of fused-ring (bicyclic) bond motifs is 5. The second kappa shape index (κ2) is 7.02. The molecule has 4 aromatic carbocycles. The first-order valence-electron chi connectivity index (χ1n) is 12.1. The van der Waals surface area contributed by atoms with Gasteiger partial charge in [0.2, 0.25) is 0 Å². The fraction of sp³-hybridized carbons (Fsp3) is 0.267. The van der Waals surface area contributed by atoms with E-state index in [4.69, 9.17) is 9.72 Å². The molecule has 1 fully saturated rings. The first kappa shape index (κ1) is 19.0. The topological polar surface area (TPSA) is 26.0 Å². The smallest absolute Gasteiger partial charge is 0.287 e. The zero-order chi connectivity index (χ0) is 22.1. The van der Waals surface area contributed by atoms with Crippen molar-refractivity contribution in [3.63, 3.8) is 0 Å². The molecule has 0 unspecified atom stereocenters. The van der Waals surface area contributed by atoms with Crippen LogP contribution in [0.1, 0.15) is 36.8 Å². The maximum absolute atomic E-state index is 6.67. The summed E-state index contributed by atoms with van der Waals surface area (Å²) in [7, 11) is 2.09. The number of aryl methyl sites for hydroxylation is 2. The quantitative estimate of drug-likeness (QED) is 0.214. The van der Waals surface area contributed by atoms with Crippen LogP contribution in [0.5, 0.6) is 11.5 Å². The minimum absolute atomic E-state index is 0.801. The molecule has 2 aliphatic rings. The van der Waals surface area contributed by atoms with Crippen LogP contribution in [0.4, 0.5) is 0 Å². The molecule has 0 spiro atoms. The average Bonchev–Trinajstić information content (AvgIpc) is 3.34. The Labute approximate surface area is 193 Å². The van der Waals surface area contributed by atoms with Crippen LogP contribution >= 0.6 is 0 Å². The highest BCUT2D eigenvalue weighted by atomic mass is 16.5. The van der Waals surface area contributed by atoms with Crippen molar-refractivity contribution >= 4 is 32.4 Å². The van der Waals surface area contributed by atoms with Crippen LogP contribution in [0.25, 0.3) is 43.7 Å². The van der Waals surface area contributed by atoms with Gasteiger partial charge in [-0.05, 0) is 69.7 Å². The van der Waals surface area contributed by atoms with Gasteiger partial charge in [-0.2, -0.15) is 0 Å². The molecule has 5 aromatic rings. The van der Waals surface area contributed by atoms with E-state index >= 15 is 0 Å². The van der Waals surface area contributed by atoms with Crippen molar-refractivity contribution in [2.75, 3.05) is 0 Å². The molecule has 3 heteroatoms. The molecule has 33 heavy (non-hydrogen) atoms. The van der Waals surface area contributed by atoms with E-state index in [0.717, 1.165) is 34.7 Å². The van der Waals surface area contributed by atoms with E-state index in [0.29, 0.717) is 0 Å². The summed E-state index contributed by atoms with van der Waals surface area (Å²) < 4.78 is 8.83. The third-order valence-corrected chi connectivity index (χ3v) is 7.87. The molecule has 1 aliphatic heterocycles. The van der Waals surface area contributed by atoms with Gasteiger partial charge in [0.25, 0.3) is 6.33 Å². The van der Waals surface area contributed by atoms with Gasteiger partial charge in [0.05, 0.1) is 12.6 Å². The Balaban J connectivity index is 1.55. The predicted octanol–water partition coefficient (Wildman–Crippen LogP) is 7.18. The Kier molecular flexibility index (Phi) is 4.05. The van der Waals surface area contributed by atoms with Gasteiger partial charge in [-0.15, -0.1) is 0 Å². The fourth-order valence-corrected chi connectivity index (χ4v) is 6.26. The molecule has 0 radical (unpaired) electrons. The number of aromatic nitrogens is 2. The monoisotopic (exact) mass is 431 g/mol. The second-order valence-electron chi connectivity index (χ2n) is 9.87. The highest BCUT2D eigenvalue weighted by Crippen LogP contribution is 2.49. The second-order valence-corrected chi connectivity index (χ2v) is 9.87.